The Hall–Kier alpha value is -3.34. The number of para-hydroxylation sites is 1. The van der Waals surface area contributed by atoms with Crippen molar-refractivity contribution in [2.75, 3.05) is 6.54 Å². The predicted molar refractivity (Wildman–Crippen MR) is 154 cm³/mol. The van der Waals surface area contributed by atoms with Crippen molar-refractivity contribution in [3.05, 3.63) is 105 Å². The highest BCUT2D eigenvalue weighted by atomic mass is 35.5. The van der Waals surface area contributed by atoms with Gasteiger partial charge in [-0.25, -0.2) is 4.68 Å². The van der Waals surface area contributed by atoms with E-state index in [0.717, 1.165) is 49.4 Å². The van der Waals surface area contributed by atoms with Crippen molar-refractivity contribution >= 4 is 22.5 Å². The molecular weight excluding hydrogens is 476 g/mol. The van der Waals surface area contributed by atoms with Gasteiger partial charge in [-0.1, -0.05) is 61.8 Å². The molecule has 5 heteroatoms. The van der Waals surface area contributed by atoms with Crippen molar-refractivity contribution in [1.82, 2.24) is 19.7 Å². The lowest BCUT2D eigenvalue weighted by Crippen LogP contribution is -2.30. The van der Waals surface area contributed by atoms with Crippen molar-refractivity contribution in [2.24, 2.45) is 0 Å². The number of aromatic amines is 1. The molecule has 1 N–H and O–H groups in total. The standard InChI is InChI=1S/C32H33ClN4/c1-4-22-9-7-10-23(5-2)31(22)37-32(25-12-13-29-24(18-25)14-16-34-29)27-20-36(17-15-30(27)35-37)19-26-21(3)8-6-11-28(26)33/h6-14,16,18,34H,4-5,15,17,19-20H2,1-3H3. The van der Waals surface area contributed by atoms with Gasteiger partial charge in [0.1, 0.15) is 0 Å². The highest BCUT2D eigenvalue weighted by molar-refractivity contribution is 6.31. The van der Waals surface area contributed by atoms with E-state index in [0.29, 0.717) is 0 Å². The molecule has 0 radical (unpaired) electrons. The SMILES string of the molecule is CCc1cccc(CC)c1-n1nc2c(c1-c1ccc3[nH]ccc3c1)CN(Cc1c(C)cccc1Cl)CC2. The number of rotatable bonds is 6. The van der Waals surface area contributed by atoms with Gasteiger partial charge in [0.15, 0.2) is 0 Å². The fourth-order valence-electron chi connectivity index (χ4n) is 5.80. The zero-order valence-corrected chi connectivity index (χ0v) is 22.6. The number of fused-ring (bicyclic) bond motifs is 2. The van der Waals surface area contributed by atoms with Crippen LogP contribution in [0.3, 0.4) is 0 Å². The zero-order valence-electron chi connectivity index (χ0n) is 21.8. The molecule has 6 rings (SSSR count). The highest BCUT2D eigenvalue weighted by Gasteiger charge is 2.28. The summed E-state index contributed by atoms with van der Waals surface area (Å²) in [6.07, 6.45) is 4.89. The van der Waals surface area contributed by atoms with Crippen LogP contribution in [0.1, 0.15) is 47.4 Å². The fourth-order valence-corrected chi connectivity index (χ4v) is 6.08. The van der Waals surface area contributed by atoms with E-state index < -0.39 is 0 Å². The van der Waals surface area contributed by atoms with Crippen molar-refractivity contribution < 1.29 is 0 Å². The van der Waals surface area contributed by atoms with E-state index in [2.05, 4.69) is 83.9 Å². The van der Waals surface area contributed by atoms with Gasteiger partial charge in [0.25, 0.3) is 0 Å². The summed E-state index contributed by atoms with van der Waals surface area (Å²) in [7, 11) is 0. The van der Waals surface area contributed by atoms with Gasteiger partial charge < -0.3 is 4.98 Å². The van der Waals surface area contributed by atoms with Crippen LogP contribution >= 0.6 is 11.6 Å². The minimum absolute atomic E-state index is 0.845. The average Bonchev–Trinajstić information content (AvgIpc) is 3.54. The van der Waals surface area contributed by atoms with Crippen molar-refractivity contribution in [2.45, 2.75) is 53.1 Å². The molecule has 4 nitrogen and oxygen atoms in total. The van der Waals surface area contributed by atoms with Crippen molar-refractivity contribution in [3.8, 4) is 16.9 Å². The topological polar surface area (TPSA) is 36.9 Å². The minimum Gasteiger partial charge on any atom is -0.361 e. The molecule has 0 unspecified atom stereocenters. The number of aryl methyl sites for hydroxylation is 3. The van der Waals surface area contributed by atoms with Crippen LogP contribution in [-0.4, -0.2) is 26.2 Å². The molecule has 0 spiro atoms. The van der Waals surface area contributed by atoms with Gasteiger partial charge >= 0.3 is 0 Å². The number of benzene rings is 3. The summed E-state index contributed by atoms with van der Waals surface area (Å²) in [4.78, 5) is 5.86. The first-order chi connectivity index (χ1) is 18.1. The molecule has 1 aliphatic heterocycles. The Morgan fingerprint density at radius 3 is 2.51 bits per heavy atom. The van der Waals surface area contributed by atoms with Crippen LogP contribution in [0, 0.1) is 6.92 Å². The van der Waals surface area contributed by atoms with Gasteiger partial charge in [-0.3, -0.25) is 4.90 Å². The van der Waals surface area contributed by atoms with E-state index in [-0.39, 0.29) is 0 Å². The number of nitrogens with zero attached hydrogens (tertiary/aromatic N) is 3. The smallest absolute Gasteiger partial charge is 0.0789 e. The molecule has 0 saturated carbocycles. The zero-order chi connectivity index (χ0) is 25.5. The third-order valence-corrected chi connectivity index (χ3v) is 8.21. The van der Waals surface area contributed by atoms with Crippen LogP contribution in [0.5, 0.6) is 0 Å². The van der Waals surface area contributed by atoms with E-state index in [9.17, 15) is 0 Å². The number of hydrogen-bond donors (Lipinski definition) is 1. The molecule has 3 aromatic carbocycles. The quantitative estimate of drug-likeness (QED) is 0.255. The maximum Gasteiger partial charge on any atom is 0.0789 e. The van der Waals surface area contributed by atoms with Crippen LogP contribution in [0.25, 0.3) is 27.8 Å². The molecule has 0 atom stereocenters. The summed E-state index contributed by atoms with van der Waals surface area (Å²) in [5, 5.41) is 7.39. The van der Waals surface area contributed by atoms with Crippen LogP contribution in [-0.2, 0) is 32.4 Å². The second-order valence-electron chi connectivity index (χ2n) is 10.1. The second kappa shape index (κ2) is 9.85. The third kappa shape index (κ3) is 4.28. The summed E-state index contributed by atoms with van der Waals surface area (Å²) >= 11 is 6.63. The first-order valence-electron chi connectivity index (χ1n) is 13.3. The average molecular weight is 509 g/mol. The maximum absolute atomic E-state index is 6.63. The normalized spacial score (nSPS) is 13.8. The Morgan fingerprint density at radius 1 is 0.973 bits per heavy atom. The van der Waals surface area contributed by atoms with E-state index in [1.54, 1.807) is 0 Å². The third-order valence-electron chi connectivity index (χ3n) is 7.85. The lowest BCUT2D eigenvalue weighted by Gasteiger charge is -2.28. The largest absolute Gasteiger partial charge is 0.361 e. The molecule has 1 aliphatic rings. The van der Waals surface area contributed by atoms with Crippen LogP contribution in [0.15, 0.2) is 66.9 Å². The summed E-state index contributed by atoms with van der Waals surface area (Å²) < 4.78 is 2.26. The minimum atomic E-state index is 0.845. The predicted octanol–water partition coefficient (Wildman–Crippen LogP) is 7.67. The molecule has 0 fully saturated rings. The van der Waals surface area contributed by atoms with Crippen LogP contribution < -0.4 is 0 Å². The van der Waals surface area contributed by atoms with Crippen LogP contribution in [0.2, 0.25) is 5.02 Å². The first kappa shape index (κ1) is 24.0. The summed E-state index contributed by atoms with van der Waals surface area (Å²) in [5.41, 5.74) is 12.5. The van der Waals surface area contributed by atoms with E-state index in [4.69, 9.17) is 16.7 Å². The van der Waals surface area contributed by atoms with E-state index >= 15 is 0 Å². The molecule has 188 valence electrons. The monoisotopic (exact) mass is 508 g/mol. The van der Waals surface area contributed by atoms with Gasteiger partial charge in [-0.05, 0) is 66.3 Å². The first-order valence-corrected chi connectivity index (χ1v) is 13.7. The molecule has 3 heterocycles. The molecule has 0 amide bonds. The van der Waals surface area contributed by atoms with Crippen LogP contribution in [0.4, 0.5) is 0 Å². The Balaban J connectivity index is 1.51. The summed E-state index contributed by atoms with van der Waals surface area (Å²) in [6, 6.07) is 21.8. The molecule has 0 aliphatic carbocycles. The van der Waals surface area contributed by atoms with Crippen molar-refractivity contribution in [1.29, 1.82) is 0 Å². The van der Waals surface area contributed by atoms with Gasteiger partial charge in [-0.2, -0.15) is 5.10 Å². The lowest BCUT2D eigenvalue weighted by atomic mass is 9.98. The number of halogens is 1. The van der Waals surface area contributed by atoms with Gasteiger partial charge in [-0.15, -0.1) is 0 Å². The van der Waals surface area contributed by atoms with Gasteiger partial charge in [0.05, 0.1) is 17.1 Å². The number of aromatic nitrogens is 3. The fraction of sp³-hybridized carbons (Fsp3) is 0.281. The molecule has 37 heavy (non-hydrogen) atoms. The lowest BCUT2D eigenvalue weighted by molar-refractivity contribution is 0.244. The highest BCUT2D eigenvalue weighted by Crippen LogP contribution is 2.37. The molecule has 5 aromatic rings. The van der Waals surface area contributed by atoms with Gasteiger partial charge in [0, 0.05) is 59.3 Å². The Bertz CT molecular complexity index is 1550. The maximum atomic E-state index is 6.63. The molecule has 0 saturated heterocycles. The molecule has 0 bridgehead atoms. The Morgan fingerprint density at radius 2 is 1.76 bits per heavy atom. The molecular formula is C32H33ClN4. The Labute approximate surface area is 223 Å². The second-order valence-corrected chi connectivity index (χ2v) is 10.5. The van der Waals surface area contributed by atoms with Crippen molar-refractivity contribution in [3.63, 3.8) is 0 Å². The number of hydrogen-bond acceptors (Lipinski definition) is 2. The van der Waals surface area contributed by atoms with Gasteiger partial charge in [0.2, 0.25) is 0 Å². The summed E-state index contributed by atoms with van der Waals surface area (Å²) in [6.45, 7) is 9.30. The van der Waals surface area contributed by atoms with E-state index in [1.807, 2.05) is 18.3 Å². The van der Waals surface area contributed by atoms with E-state index in [1.165, 1.54) is 55.8 Å². The Kier molecular flexibility index (Phi) is 6.39. The number of nitrogens with one attached hydrogen (secondary N) is 1. The number of H-pyrrole nitrogens is 1. The summed E-state index contributed by atoms with van der Waals surface area (Å²) in [5.74, 6) is 0. The molecule has 2 aromatic heterocycles.